The Labute approximate surface area is 215 Å². The summed E-state index contributed by atoms with van der Waals surface area (Å²) >= 11 is 0. The number of carbonyl (C=O) groups excluding carboxylic acids is 2. The number of methoxy groups -OCH3 is 1. The molecule has 4 aliphatic heterocycles. The van der Waals surface area contributed by atoms with Gasteiger partial charge in [0.25, 0.3) is 5.79 Å². The van der Waals surface area contributed by atoms with Crippen LogP contribution in [0.4, 0.5) is 0 Å². The topological polar surface area (TPSA) is 74.3 Å². The summed E-state index contributed by atoms with van der Waals surface area (Å²) in [6.07, 6.45) is 1.53. The predicted octanol–water partition coefficient (Wildman–Crippen LogP) is 4.26. The Kier molecular flexibility index (Phi) is 5.97. The lowest BCUT2D eigenvalue weighted by atomic mass is 9.66. The fourth-order valence-electron chi connectivity index (χ4n) is 6.34. The maximum atomic E-state index is 13.0. The van der Waals surface area contributed by atoms with E-state index in [-0.39, 0.29) is 12.5 Å². The van der Waals surface area contributed by atoms with E-state index in [2.05, 4.69) is 4.90 Å². The molecule has 7 nitrogen and oxygen atoms in total. The Morgan fingerprint density at radius 1 is 0.865 bits per heavy atom. The Morgan fingerprint density at radius 3 is 2.11 bits per heavy atom. The van der Waals surface area contributed by atoms with Gasteiger partial charge in [0.15, 0.2) is 0 Å². The van der Waals surface area contributed by atoms with Gasteiger partial charge < -0.3 is 18.9 Å². The van der Waals surface area contributed by atoms with Crippen molar-refractivity contribution in [1.82, 2.24) is 4.90 Å². The number of nitrogens with zero attached hydrogens (tertiary/aromatic N) is 1. The van der Waals surface area contributed by atoms with E-state index in [1.165, 1.54) is 0 Å². The van der Waals surface area contributed by atoms with Gasteiger partial charge in [-0.25, -0.2) is 9.59 Å². The van der Waals surface area contributed by atoms with Crippen molar-refractivity contribution in [3.8, 4) is 5.75 Å². The van der Waals surface area contributed by atoms with Crippen LogP contribution in [0.5, 0.6) is 5.75 Å². The van der Waals surface area contributed by atoms with Crippen molar-refractivity contribution in [1.29, 1.82) is 0 Å². The molecule has 2 bridgehead atoms. The first-order valence-electron chi connectivity index (χ1n) is 12.7. The van der Waals surface area contributed by atoms with Crippen LogP contribution in [0.3, 0.4) is 0 Å². The molecule has 2 atom stereocenters. The number of hydrogen-bond acceptors (Lipinski definition) is 7. The lowest BCUT2D eigenvalue weighted by Crippen LogP contribution is -2.82. The van der Waals surface area contributed by atoms with Gasteiger partial charge in [-0.05, 0) is 41.7 Å². The first-order valence-corrected chi connectivity index (χ1v) is 12.7. The van der Waals surface area contributed by atoms with Crippen LogP contribution in [0.1, 0.15) is 35.4 Å². The Bertz CT molecular complexity index is 1250. The van der Waals surface area contributed by atoms with Crippen molar-refractivity contribution >= 4 is 11.9 Å². The third-order valence-electron chi connectivity index (χ3n) is 7.91. The van der Waals surface area contributed by atoms with E-state index in [0.717, 1.165) is 29.5 Å². The molecule has 0 spiro atoms. The summed E-state index contributed by atoms with van der Waals surface area (Å²) in [7, 11) is 1.61. The standard InChI is InChI=1S/C30H29NO6/c1-34-25-14-8-9-21(19-25)20-35-30-24-15-17-31(18-16-24)29(30,36-27(32)28(33)37-30)26(22-10-4-2-5-11-22)23-12-6-3-7-13-23/h2-14,19,24,26H,15-18,20H2,1H3. The molecule has 3 aromatic rings. The zero-order valence-electron chi connectivity index (χ0n) is 20.7. The fraction of sp³-hybridized carbons (Fsp3) is 0.333. The van der Waals surface area contributed by atoms with Gasteiger partial charge in [0.05, 0.1) is 19.6 Å². The van der Waals surface area contributed by atoms with Gasteiger partial charge in [-0.1, -0.05) is 72.8 Å². The first kappa shape index (κ1) is 23.7. The average Bonchev–Trinajstić information content (AvgIpc) is 2.95. The second-order valence-corrected chi connectivity index (χ2v) is 9.80. The Morgan fingerprint density at radius 2 is 1.49 bits per heavy atom. The molecular weight excluding hydrogens is 470 g/mol. The smallest absolute Gasteiger partial charge is 0.420 e. The molecule has 0 N–H and O–H groups in total. The predicted molar refractivity (Wildman–Crippen MR) is 134 cm³/mol. The van der Waals surface area contributed by atoms with Crippen LogP contribution in [-0.4, -0.2) is 48.5 Å². The van der Waals surface area contributed by atoms with E-state index in [9.17, 15) is 9.59 Å². The second-order valence-electron chi connectivity index (χ2n) is 9.80. The normalized spacial score (nSPS) is 28.4. The summed E-state index contributed by atoms with van der Waals surface area (Å²) in [6, 6.07) is 27.4. The van der Waals surface area contributed by atoms with Crippen LogP contribution in [-0.2, 0) is 30.4 Å². The van der Waals surface area contributed by atoms with Crippen LogP contribution >= 0.6 is 0 Å². The molecule has 4 heterocycles. The highest BCUT2D eigenvalue weighted by Crippen LogP contribution is 2.59. The number of benzene rings is 3. The molecule has 4 saturated heterocycles. The maximum absolute atomic E-state index is 13.0. The number of hydrogen-bond donors (Lipinski definition) is 0. The highest BCUT2D eigenvalue weighted by Gasteiger charge is 2.76. The number of ether oxygens (including phenoxy) is 4. The molecule has 0 amide bonds. The average molecular weight is 500 g/mol. The molecule has 4 aliphatic rings. The van der Waals surface area contributed by atoms with Crippen LogP contribution in [0, 0.1) is 5.92 Å². The van der Waals surface area contributed by atoms with E-state index in [1.807, 2.05) is 84.9 Å². The largest absolute Gasteiger partial charge is 0.497 e. The second kappa shape index (κ2) is 9.32. The molecule has 0 saturated carbocycles. The number of fused-ring (bicyclic) bond motifs is 2. The Hall–Kier alpha value is -3.68. The quantitative estimate of drug-likeness (QED) is 0.355. The van der Waals surface area contributed by atoms with Crippen LogP contribution in [0.25, 0.3) is 0 Å². The highest BCUT2D eigenvalue weighted by molar-refractivity contribution is 6.30. The van der Waals surface area contributed by atoms with Crippen LogP contribution in [0.2, 0.25) is 0 Å². The lowest BCUT2D eigenvalue weighted by molar-refractivity contribution is -0.417. The SMILES string of the molecule is COc1cccc(COC23OC(=O)C(=O)OC2(C(c2ccccc2)c2ccccc2)N2CCC3CC2)c1. The van der Waals surface area contributed by atoms with E-state index < -0.39 is 29.4 Å². The van der Waals surface area contributed by atoms with Crippen LogP contribution < -0.4 is 4.74 Å². The molecule has 2 unspecified atom stereocenters. The minimum atomic E-state index is -1.49. The third-order valence-corrected chi connectivity index (χ3v) is 7.91. The van der Waals surface area contributed by atoms with Crippen LogP contribution in [0.15, 0.2) is 84.9 Å². The monoisotopic (exact) mass is 499 g/mol. The molecule has 190 valence electrons. The summed E-state index contributed by atoms with van der Waals surface area (Å²) < 4.78 is 24.5. The van der Waals surface area contributed by atoms with Gasteiger partial charge in [-0.2, -0.15) is 0 Å². The number of carbonyl (C=O) groups is 2. The summed E-state index contributed by atoms with van der Waals surface area (Å²) in [5.74, 6) is -3.40. The molecule has 3 aromatic carbocycles. The summed E-state index contributed by atoms with van der Waals surface area (Å²) in [5.41, 5.74) is 1.38. The molecule has 7 rings (SSSR count). The van der Waals surface area contributed by atoms with Crippen molar-refractivity contribution < 1.29 is 28.5 Å². The fourth-order valence-corrected chi connectivity index (χ4v) is 6.34. The van der Waals surface area contributed by atoms with Crippen molar-refractivity contribution in [3.63, 3.8) is 0 Å². The molecular formula is C30H29NO6. The van der Waals surface area contributed by atoms with Gasteiger partial charge in [0, 0.05) is 19.0 Å². The summed E-state index contributed by atoms with van der Waals surface area (Å²) in [5, 5.41) is 0. The number of esters is 2. The third kappa shape index (κ3) is 3.72. The number of rotatable bonds is 7. The van der Waals surface area contributed by atoms with Gasteiger partial charge in [-0.3, -0.25) is 4.90 Å². The number of piperidine rings is 3. The van der Waals surface area contributed by atoms with Crippen molar-refractivity contribution in [2.75, 3.05) is 20.2 Å². The molecule has 0 aliphatic carbocycles. The van der Waals surface area contributed by atoms with E-state index in [4.69, 9.17) is 18.9 Å². The zero-order chi connectivity index (χ0) is 25.5. The van der Waals surface area contributed by atoms with Gasteiger partial charge in [0.1, 0.15) is 5.75 Å². The van der Waals surface area contributed by atoms with Crippen molar-refractivity contribution in [2.45, 2.75) is 36.9 Å². The molecule has 4 fully saturated rings. The molecule has 0 aromatic heterocycles. The van der Waals surface area contributed by atoms with E-state index >= 15 is 0 Å². The summed E-state index contributed by atoms with van der Waals surface area (Å²) in [4.78, 5) is 28.0. The van der Waals surface area contributed by atoms with Gasteiger partial charge >= 0.3 is 11.9 Å². The highest BCUT2D eigenvalue weighted by atomic mass is 16.8. The lowest BCUT2D eigenvalue weighted by Gasteiger charge is -2.65. The summed E-state index contributed by atoms with van der Waals surface area (Å²) in [6.45, 7) is 1.57. The van der Waals surface area contributed by atoms with Gasteiger partial charge in [-0.15, -0.1) is 0 Å². The molecule has 0 radical (unpaired) electrons. The van der Waals surface area contributed by atoms with Gasteiger partial charge in [0.2, 0.25) is 5.72 Å². The van der Waals surface area contributed by atoms with E-state index in [0.29, 0.717) is 18.8 Å². The maximum Gasteiger partial charge on any atom is 0.420 e. The molecule has 7 heteroatoms. The van der Waals surface area contributed by atoms with Crippen molar-refractivity contribution in [2.24, 2.45) is 5.92 Å². The minimum Gasteiger partial charge on any atom is -0.497 e. The van der Waals surface area contributed by atoms with Crippen molar-refractivity contribution in [3.05, 3.63) is 102 Å². The first-order chi connectivity index (χ1) is 18.1. The molecule has 37 heavy (non-hydrogen) atoms. The van der Waals surface area contributed by atoms with E-state index in [1.54, 1.807) is 7.11 Å². The minimum absolute atomic E-state index is 0.143. The Balaban J connectivity index is 1.54. The zero-order valence-corrected chi connectivity index (χ0v) is 20.7.